The fourth-order valence-corrected chi connectivity index (χ4v) is 1.68. The highest BCUT2D eigenvalue weighted by Crippen LogP contribution is 2.23. The molecule has 0 amide bonds. The lowest BCUT2D eigenvalue weighted by molar-refractivity contribution is -0.385. The Morgan fingerprint density at radius 3 is 2.68 bits per heavy atom. The average Bonchev–Trinajstić information content (AvgIpc) is 2.34. The number of aromatic nitrogens is 1. The van der Waals surface area contributed by atoms with Crippen LogP contribution in [-0.4, -0.2) is 33.7 Å². The lowest BCUT2D eigenvalue weighted by Gasteiger charge is -2.29. The number of anilines is 1. The van der Waals surface area contributed by atoms with Crippen molar-refractivity contribution in [3.8, 4) is 6.07 Å². The van der Waals surface area contributed by atoms with E-state index in [-0.39, 0.29) is 17.8 Å². The molecule has 102 valence electrons. The molecule has 0 aliphatic carbocycles. The van der Waals surface area contributed by atoms with Crippen LogP contribution in [0, 0.1) is 21.4 Å². The van der Waals surface area contributed by atoms with Gasteiger partial charge in [-0.3, -0.25) is 10.1 Å². The van der Waals surface area contributed by atoms with Crippen molar-refractivity contribution in [1.29, 1.82) is 5.26 Å². The summed E-state index contributed by atoms with van der Waals surface area (Å²) in [6.07, 6.45) is 1.11. The normalized spacial score (nSPS) is 10.9. The van der Waals surface area contributed by atoms with Crippen molar-refractivity contribution in [1.82, 2.24) is 4.98 Å². The summed E-state index contributed by atoms with van der Waals surface area (Å²) in [7, 11) is 0. The number of nitriles is 1. The molecule has 0 unspecified atom stereocenters. The standard InChI is InChI=1S/C12H16N4O3/c1-4-15(8-12(2,3)17)11-9(6-13)5-10(7-14-11)16(18)19/h5,7,17H,4,8H2,1-3H3. The van der Waals surface area contributed by atoms with Crippen LogP contribution in [0.25, 0.3) is 0 Å². The summed E-state index contributed by atoms with van der Waals surface area (Å²) in [5, 5.41) is 29.5. The minimum atomic E-state index is -0.952. The molecule has 0 bridgehead atoms. The maximum Gasteiger partial charge on any atom is 0.289 e. The van der Waals surface area contributed by atoms with E-state index in [4.69, 9.17) is 5.26 Å². The van der Waals surface area contributed by atoms with Crippen LogP contribution >= 0.6 is 0 Å². The van der Waals surface area contributed by atoms with Gasteiger partial charge in [0.15, 0.2) is 0 Å². The number of nitrogens with zero attached hydrogens (tertiary/aromatic N) is 4. The van der Waals surface area contributed by atoms with Gasteiger partial charge in [-0.15, -0.1) is 0 Å². The fraction of sp³-hybridized carbons (Fsp3) is 0.500. The molecule has 0 spiro atoms. The maximum atomic E-state index is 10.7. The summed E-state index contributed by atoms with van der Waals surface area (Å²) in [5.41, 5.74) is -1.05. The Labute approximate surface area is 111 Å². The second-order valence-electron chi connectivity index (χ2n) is 4.76. The summed E-state index contributed by atoms with van der Waals surface area (Å²) in [6, 6.07) is 3.09. The van der Waals surface area contributed by atoms with Crippen molar-refractivity contribution < 1.29 is 10.0 Å². The van der Waals surface area contributed by atoms with E-state index in [1.54, 1.807) is 18.7 Å². The lowest BCUT2D eigenvalue weighted by Crippen LogP contribution is -2.39. The summed E-state index contributed by atoms with van der Waals surface area (Å²) in [5.74, 6) is 0.345. The minimum absolute atomic E-state index is 0.125. The van der Waals surface area contributed by atoms with Gasteiger partial charge in [-0.2, -0.15) is 5.26 Å². The van der Waals surface area contributed by atoms with Crippen LogP contribution in [0.4, 0.5) is 11.5 Å². The Kier molecular flexibility index (Phi) is 4.40. The lowest BCUT2D eigenvalue weighted by atomic mass is 10.1. The molecule has 0 aliphatic rings. The molecule has 0 atom stereocenters. The van der Waals surface area contributed by atoms with E-state index >= 15 is 0 Å². The third-order valence-corrected chi connectivity index (χ3v) is 2.44. The maximum absolute atomic E-state index is 10.7. The summed E-state index contributed by atoms with van der Waals surface area (Å²) in [6.45, 7) is 5.96. The molecule has 0 aliphatic heterocycles. The fourth-order valence-electron chi connectivity index (χ4n) is 1.68. The third kappa shape index (κ3) is 3.89. The topological polar surface area (TPSA) is 103 Å². The molecule has 0 radical (unpaired) electrons. The molecule has 0 saturated carbocycles. The molecule has 7 heteroatoms. The zero-order chi connectivity index (χ0) is 14.6. The van der Waals surface area contributed by atoms with Gasteiger partial charge < -0.3 is 10.0 Å². The molecule has 0 aromatic carbocycles. The van der Waals surface area contributed by atoms with E-state index in [1.807, 2.05) is 13.0 Å². The number of hydrogen-bond donors (Lipinski definition) is 1. The first-order valence-corrected chi connectivity index (χ1v) is 5.80. The Morgan fingerprint density at radius 2 is 2.26 bits per heavy atom. The molecule has 7 nitrogen and oxygen atoms in total. The number of likely N-dealkylation sites (N-methyl/N-ethyl adjacent to an activating group) is 1. The first kappa shape index (κ1) is 14.9. The summed E-state index contributed by atoms with van der Waals surface area (Å²) < 4.78 is 0. The smallest absolute Gasteiger partial charge is 0.289 e. The number of pyridine rings is 1. The zero-order valence-electron chi connectivity index (χ0n) is 11.1. The Balaban J connectivity index is 3.18. The third-order valence-electron chi connectivity index (χ3n) is 2.44. The largest absolute Gasteiger partial charge is 0.389 e. The van der Waals surface area contributed by atoms with Crippen molar-refractivity contribution >= 4 is 11.5 Å². The molecular formula is C12H16N4O3. The molecule has 1 aromatic rings. The highest BCUT2D eigenvalue weighted by molar-refractivity contribution is 5.57. The van der Waals surface area contributed by atoms with Crippen LogP contribution < -0.4 is 4.90 Å². The van der Waals surface area contributed by atoms with Crippen LogP contribution in [0.3, 0.4) is 0 Å². The van der Waals surface area contributed by atoms with Gasteiger partial charge >= 0.3 is 0 Å². The Morgan fingerprint density at radius 1 is 1.63 bits per heavy atom. The van der Waals surface area contributed by atoms with E-state index < -0.39 is 10.5 Å². The first-order valence-electron chi connectivity index (χ1n) is 5.80. The minimum Gasteiger partial charge on any atom is -0.389 e. The molecule has 1 N–H and O–H groups in total. The van der Waals surface area contributed by atoms with Gasteiger partial charge in [0.25, 0.3) is 5.69 Å². The predicted octanol–water partition coefficient (Wildman–Crippen LogP) is 1.46. The van der Waals surface area contributed by atoms with Crippen molar-refractivity contribution in [3.05, 3.63) is 27.9 Å². The van der Waals surface area contributed by atoms with Gasteiger partial charge in [0, 0.05) is 19.2 Å². The monoisotopic (exact) mass is 264 g/mol. The predicted molar refractivity (Wildman–Crippen MR) is 69.8 cm³/mol. The van der Waals surface area contributed by atoms with E-state index in [1.165, 1.54) is 6.07 Å². The van der Waals surface area contributed by atoms with Crippen molar-refractivity contribution in [2.45, 2.75) is 26.4 Å². The van der Waals surface area contributed by atoms with Crippen molar-refractivity contribution in [3.63, 3.8) is 0 Å². The van der Waals surface area contributed by atoms with Gasteiger partial charge in [0.2, 0.25) is 0 Å². The van der Waals surface area contributed by atoms with Crippen molar-refractivity contribution in [2.24, 2.45) is 0 Å². The van der Waals surface area contributed by atoms with Gasteiger partial charge in [-0.05, 0) is 20.8 Å². The number of rotatable bonds is 5. The highest BCUT2D eigenvalue weighted by atomic mass is 16.6. The van der Waals surface area contributed by atoms with Crippen molar-refractivity contribution in [2.75, 3.05) is 18.0 Å². The molecule has 19 heavy (non-hydrogen) atoms. The molecule has 1 rings (SSSR count). The second-order valence-corrected chi connectivity index (χ2v) is 4.76. The van der Waals surface area contributed by atoms with Gasteiger partial charge in [-0.1, -0.05) is 0 Å². The molecule has 1 aromatic heterocycles. The van der Waals surface area contributed by atoms with Gasteiger partial charge in [0.05, 0.1) is 10.5 Å². The molecule has 1 heterocycles. The first-order chi connectivity index (χ1) is 8.78. The second kappa shape index (κ2) is 5.63. The molecular weight excluding hydrogens is 248 g/mol. The quantitative estimate of drug-likeness (QED) is 0.637. The number of aliphatic hydroxyl groups is 1. The summed E-state index contributed by atoms with van der Waals surface area (Å²) >= 11 is 0. The van der Waals surface area contributed by atoms with E-state index in [2.05, 4.69) is 4.98 Å². The number of nitro groups is 1. The highest BCUT2D eigenvalue weighted by Gasteiger charge is 2.22. The summed E-state index contributed by atoms with van der Waals surface area (Å²) in [4.78, 5) is 15.7. The number of hydrogen-bond acceptors (Lipinski definition) is 6. The van der Waals surface area contributed by atoms with E-state index in [9.17, 15) is 15.2 Å². The molecule has 0 fully saturated rings. The molecule has 0 saturated heterocycles. The van der Waals surface area contributed by atoms with Gasteiger partial charge in [-0.25, -0.2) is 4.98 Å². The van der Waals surface area contributed by atoms with Gasteiger partial charge in [0.1, 0.15) is 23.6 Å². The van der Waals surface area contributed by atoms with Crippen LogP contribution in [-0.2, 0) is 0 Å². The van der Waals surface area contributed by atoms with Crippen LogP contribution in [0.2, 0.25) is 0 Å². The van der Waals surface area contributed by atoms with Crippen LogP contribution in [0.5, 0.6) is 0 Å². The zero-order valence-corrected chi connectivity index (χ0v) is 11.1. The Hall–Kier alpha value is -2.20. The average molecular weight is 264 g/mol. The van der Waals surface area contributed by atoms with Crippen LogP contribution in [0.1, 0.15) is 26.3 Å². The Bertz CT molecular complexity index is 517. The van der Waals surface area contributed by atoms with E-state index in [0.29, 0.717) is 12.4 Å². The SMILES string of the molecule is CCN(CC(C)(C)O)c1ncc([N+](=O)[O-])cc1C#N. The van der Waals surface area contributed by atoms with Crippen LogP contribution in [0.15, 0.2) is 12.3 Å². The van der Waals surface area contributed by atoms with E-state index in [0.717, 1.165) is 6.20 Å².